The maximum absolute atomic E-state index is 11.9. The lowest BCUT2D eigenvalue weighted by Gasteiger charge is -2.21. The highest BCUT2D eigenvalue weighted by Crippen LogP contribution is 2.11. The van der Waals surface area contributed by atoms with Crippen LogP contribution < -0.4 is 10.6 Å². The van der Waals surface area contributed by atoms with E-state index in [1.54, 1.807) is 0 Å². The van der Waals surface area contributed by atoms with E-state index in [1.165, 1.54) is 0 Å². The monoisotopic (exact) mass is 302 g/mol. The third-order valence-electron chi connectivity index (χ3n) is 3.27. The zero-order valence-corrected chi connectivity index (χ0v) is 12.4. The summed E-state index contributed by atoms with van der Waals surface area (Å²) in [6, 6.07) is 7.76. The van der Waals surface area contributed by atoms with Gasteiger partial charge in [-0.1, -0.05) is 23.7 Å². The van der Waals surface area contributed by atoms with Crippen molar-refractivity contribution in [3.8, 4) is 0 Å². The Morgan fingerprint density at radius 2 is 2.32 bits per heavy atom. The summed E-state index contributed by atoms with van der Waals surface area (Å²) in [4.78, 5) is 11.9. The van der Waals surface area contributed by atoms with Gasteiger partial charge in [-0.05, 0) is 43.5 Å². The number of hydrogen-bond donors (Lipinski definition) is 2. The minimum absolute atomic E-state index is 0. The zero-order chi connectivity index (χ0) is 12.8. The largest absolute Gasteiger partial charge is 0.355 e. The quantitative estimate of drug-likeness (QED) is 0.897. The lowest BCUT2D eigenvalue weighted by atomic mass is 9.99. The standard InChI is InChI=1S/C14H19ClN2O.ClH/c15-13-5-1-3-11(9-13)6-8-17-14(18)12-4-2-7-16-10-12;/h1,3,5,9,12,16H,2,4,6-8,10H2,(H,17,18);1H/t12-;/m1./s1. The highest BCUT2D eigenvalue weighted by atomic mass is 35.5. The average Bonchev–Trinajstić information content (AvgIpc) is 2.40. The molecule has 1 saturated heterocycles. The average molecular weight is 303 g/mol. The van der Waals surface area contributed by atoms with E-state index >= 15 is 0 Å². The highest BCUT2D eigenvalue weighted by Gasteiger charge is 2.19. The molecule has 1 amide bonds. The van der Waals surface area contributed by atoms with Crippen LogP contribution in [0.2, 0.25) is 5.02 Å². The van der Waals surface area contributed by atoms with E-state index in [2.05, 4.69) is 10.6 Å². The van der Waals surface area contributed by atoms with Crippen LogP contribution >= 0.6 is 24.0 Å². The van der Waals surface area contributed by atoms with Gasteiger partial charge in [0.05, 0.1) is 5.92 Å². The summed E-state index contributed by atoms with van der Waals surface area (Å²) in [6.45, 7) is 2.52. The van der Waals surface area contributed by atoms with Crippen molar-refractivity contribution in [2.45, 2.75) is 19.3 Å². The Labute approximate surface area is 125 Å². The van der Waals surface area contributed by atoms with E-state index < -0.39 is 0 Å². The SMILES string of the molecule is Cl.O=C(NCCc1cccc(Cl)c1)[C@@H]1CCCNC1. The number of benzene rings is 1. The molecule has 5 heteroatoms. The summed E-state index contributed by atoms with van der Waals surface area (Å²) in [7, 11) is 0. The molecule has 1 aromatic carbocycles. The van der Waals surface area contributed by atoms with Gasteiger partial charge in [-0.15, -0.1) is 12.4 Å². The van der Waals surface area contributed by atoms with Gasteiger partial charge in [-0.3, -0.25) is 4.79 Å². The van der Waals surface area contributed by atoms with Crippen molar-refractivity contribution in [3.05, 3.63) is 34.9 Å². The zero-order valence-electron chi connectivity index (χ0n) is 10.8. The lowest BCUT2D eigenvalue weighted by molar-refractivity contribution is -0.125. The molecule has 2 N–H and O–H groups in total. The van der Waals surface area contributed by atoms with Gasteiger partial charge in [-0.25, -0.2) is 0 Å². The van der Waals surface area contributed by atoms with Gasteiger partial charge in [0.25, 0.3) is 0 Å². The molecule has 2 rings (SSSR count). The van der Waals surface area contributed by atoms with Crippen molar-refractivity contribution in [2.75, 3.05) is 19.6 Å². The molecule has 1 aliphatic heterocycles. The van der Waals surface area contributed by atoms with Gasteiger partial charge in [0.1, 0.15) is 0 Å². The predicted octanol–water partition coefficient (Wildman–Crippen LogP) is 2.42. The first-order chi connectivity index (χ1) is 8.75. The van der Waals surface area contributed by atoms with Crippen molar-refractivity contribution in [1.29, 1.82) is 0 Å². The van der Waals surface area contributed by atoms with E-state index in [0.717, 1.165) is 42.9 Å². The summed E-state index contributed by atoms with van der Waals surface area (Å²) >= 11 is 5.91. The Bertz CT molecular complexity index is 406. The lowest BCUT2D eigenvalue weighted by Crippen LogP contribution is -2.41. The van der Waals surface area contributed by atoms with Gasteiger partial charge < -0.3 is 10.6 Å². The van der Waals surface area contributed by atoms with Gasteiger partial charge >= 0.3 is 0 Å². The first-order valence-corrected chi connectivity index (χ1v) is 6.86. The normalized spacial score (nSPS) is 18.5. The molecular formula is C14H20Cl2N2O. The minimum atomic E-state index is 0. The number of halogens is 2. The summed E-state index contributed by atoms with van der Waals surface area (Å²) in [5.41, 5.74) is 1.16. The maximum Gasteiger partial charge on any atom is 0.224 e. The first-order valence-electron chi connectivity index (χ1n) is 6.48. The molecule has 1 aromatic rings. The van der Waals surface area contributed by atoms with Crippen LogP contribution in [0.4, 0.5) is 0 Å². The number of hydrogen-bond acceptors (Lipinski definition) is 2. The van der Waals surface area contributed by atoms with Crippen molar-refractivity contribution in [3.63, 3.8) is 0 Å². The topological polar surface area (TPSA) is 41.1 Å². The predicted molar refractivity (Wildman–Crippen MR) is 81.0 cm³/mol. The molecule has 0 unspecified atom stereocenters. The van der Waals surface area contributed by atoms with Gasteiger partial charge in [0, 0.05) is 18.1 Å². The third-order valence-corrected chi connectivity index (χ3v) is 3.50. The second-order valence-corrected chi connectivity index (χ2v) is 5.15. The number of carbonyl (C=O) groups is 1. The molecule has 0 radical (unpaired) electrons. The van der Waals surface area contributed by atoms with Crippen LogP contribution in [0.15, 0.2) is 24.3 Å². The number of rotatable bonds is 4. The van der Waals surface area contributed by atoms with E-state index in [9.17, 15) is 4.79 Å². The molecular weight excluding hydrogens is 283 g/mol. The summed E-state index contributed by atoms with van der Waals surface area (Å²) < 4.78 is 0. The van der Waals surface area contributed by atoms with Gasteiger partial charge in [0.2, 0.25) is 5.91 Å². The number of nitrogens with one attached hydrogen (secondary N) is 2. The third kappa shape index (κ3) is 5.39. The van der Waals surface area contributed by atoms with Gasteiger partial charge in [-0.2, -0.15) is 0 Å². The van der Waals surface area contributed by atoms with E-state index in [0.29, 0.717) is 6.54 Å². The van der Waals surface area contributed by atoms with Crippen molar-refractivity contribution in [1.82, 2.24) is 10.6 Å². The van der Waals surface area contributed by atoms with Crippen molar-refractivity contribution < 1.29 is 4.79 Å². The Kier molecular flexibility index (Phi) is 7.21. The van der Waals surface area contributed by atoms with Crippen LogP contribution in [0.3, 0.4) is 0 Å². The van der Waals surface area contributed by atoms with Gasteiger partial charge in [0.15, 0.2) is 0 Å². The summed E-state index contributed by atoms with van der Waals surface area (Å²) in [6.07, 6.45) is 2.91. The Balaban J connectivity index is 0.00000180. The maximum atomic E-state index is 11.9. The van der Waals surface area contributed by atoms with Crippen molar-refractivity contribution in [2.24, 2.45) is 5.92 Å². The Morgan fingerprint density at radius 1 is 1.47 bits per heavy atom. The van der Waals surface area contributed by atoms with Crippen LogP contribution in [0, 0.1) is 5.92 Å². The van der Waals surface area contributed by atoms with Crippen LogP contribution in [0.25, 0.3) is 0 Å². The smallest absolute Gasteiger partial charge is 0.224 e. The Morgan fingerprint density at radius 3 is 3.00 bits per heavy atom. The molecule has 0 aromatic heterocycles. The molecule has 3 nitrogen and oxygen atoms in total. The molecule has 0 aliphatic carbocycles. The minimum Gasteiger partial charge on any atom is -0.355 e. The van der Waals surface area contributed by atoms with E-state index in [-0.39, 0.29) is 24.2 Å². The molecule has 19 heavy (non-hydrogen) atoms. The highest BCUT2D eigenvalue weighted by molar-refractivity contribution is 6.30. The van der Waals surface area contributed by atoms with E-state index in [1.807, 2.05) is 24.3 Å². The molecule has 1 fully saturated rings. The first kappa shape index (κ1) is 16.3. The van der Waals surface area contributed by atoms with E-state index in [4.69, 9.17) is 11.6 Å². The Hall–Kier alpha value is -0.770. The van der Waals surface area contributed by atoms with Crippen molar-refractivity contribution >= 4 is 29.9 Å². The van der Waals surface area contributed by atoms with Crippen LogP contribution in [-0.4, -0.2) is 25.5 Å². The molecule has 0 saturated carbocycles. The molecule has 0 spiro atoms. The molecule has 1 aliphatic rings. The molecule has 1 heterocycles. The fraction of sp³-hybridized carbons (Fsp3) is 0.500. The fourth-order valence-corrected chi connectivity index (χ4v) is 2.46. The fourth-order valence-electron chi connectivity index (χ4n) is 2.24. The molecule has 1 atom stereocenters. The van der Waals surface area contributed by atoms with Crippen LogP contribution in [-0.2, 0) is 11.2 Å². The second-order valence-electron chi connectivity index (χ2n) is 4.71. The van der Waals surface area contributed by atoms with Crippen LogP contribution in [0.1, 0.15) is 18.4 Å². The summed E-state index contributed by atoms with van der Waals surface area (Å²) in [5, 5.41) is 7.00. The number of piperidine rings is 1. The number of carbonyl (C=O) groups excluding carboxylic acids is 1. The van der Waals surface area contributed by atoms with Crippen LogP contribution in [0.5, 0.6) is 0 Å². The molecule has 0 bridgehead atoms. The summed E-state index contributed by atoms with van der Waals surface area (Å²) in [5.74, 6) is 0.308. The second kappa shape index (κ2) is 8.41. The molecule has 106 valence electrons. The number of amides is 1.